The Morgan fingerprint density at radius 3 is 2.63 bits per heavy atom. The van der Waals surface area contributed by atoms with Gasteiger partial charge in [0.05, 0.1) is 17.1 Å². The van der Waals surface area contributed by atoms with Gasteiger partial charge >= 0.3 is 0 Å². The molecule has 3 nitrogen and oxygen atoms in total. The maximum atomic E-state index is 13.9. The molecule has 0 radical (unpaired) electrons. The largest absolute Gasteiger partial charge is 0.397 e. The quantitative estimate of drug-likeness (QED) is 0.565. The molecule has 0 amide bonds. The highest BCUT2D eigenvalue weighted by Gasteiger charge is 2.16. The molecule has 1 aromatic carbocycles. The van der Waals surface area contributed by atoms with E-state index in [9.17, 15) is 4.39 Å². The van der Waals surface area contributed by atoms with E-state index in [2.05, 4.69) is 5.32 Å². The third kappa shape index (κ3) is 3.44. The van der Waals surface area contributed by atoms with Gasteiger partial charge in [0.15, 0.2) is 5.82 Å². The molecule has 0 saturated heterocycles. The monoisotopic (exact) mass is 285 g/mol. The van der Waals surface area contributed by atoms with Crippen LogP contribution in [0.1, 0.15) is 38.5 Å². The van der Waals surface area contributed by atoms with Crippen LogP contribution in [0, 0.1) is 11.7 Å². The Kier molecular flexibility index (Phi) is 4.75. The lowest BCUT2D eigenvalue weighted by Gasteiger charge is -2.14. The Labute approximate surface area is 118 Å². The zero-order valence-corrected chi connectivity index (χ0v) is 11.8. The molecule has 0 spiro atoms. The predicted octanol–water partition coefficient (Wildman–Crippen LogP) is 4.03. The van der Waals surface area contributed by atoms with Crippen molar-refractivity contribution in [3.8, 4) is 0 Å². The van der Waals surface area contributed by atoms with Crippen molar-refractivity contribution >= 4 is 28.7 Å². The third-order valence-corrected chi connectivity index (χ3v) is 4.22. The summed E-state index contributed by atoms with van der Waals surface area (Å²) in [5, 5.41) is 2.97. The van der Waals surface area contributed by atoms with E-state index in [1.54, 1.807) is 0 Å². The molecule has 5 heteroatoms. The van der Waals surface area contributed by atoms with Crippen LogP contribution in [0.5, 0.6) is 0 Å². The van der Waals surface area contributed by atoms with Crippen LogP contribution < -0.4 is 16.8 Å². The number of hydrogen-bond acceptors (Lipinski definition) is 3. The first-order valence-corrected chi connectivity index (χ1v) is 7.24. The van der Waals surface area contributed by atoms with E-state index < -0.39 is 5.82 Å². The smallest absolute Gasteiger partial charge is 0.169 e. The lowest BCUT2D eigenvalue weighted by molar-refractivity contribution is 0.491. The van der Waals surface area contributed by atoms with Crippen LogP contribution in [-0.2, 0) is 0 Å². The fourth-order valence-electron chi connectivity index (χ4n) is 2.75. The summed E-state index contributed by atoms with van der Waals surface area (Å²) >= 11 is 5.78. The van der Waals surface area contributed by atoms with E-state index in [0.29, 0.717) is 12.2 Å². The van der Waals surface area contributed by atoms with Crippen molar-refractivity contribution < 1.29 is 4.39 Å². The van der Waals surface area contributed by atoms with Crippen molar-refractivity contribution in [2.24, 2.45) is 5.92 Å². The number of hydrogen-bond donors (Lipinski definition) is 3. The van der Waals surface area contributed by atoms with E-state index in [1.165, 1.54) is 38.2 Å². The topological polar surface area (TPSA) is 64.1 Å². The van der Waals surface area contributed by atoms with E-state index in [-0.39, 0.29) is 16.4 Å². The maximum Gasteiger partial charge on any atom is 0.169 e. The minimum absolute atomic E-state index is 0.0625. The van der Waals surface area contributed by atoms with Gasteiger partial charge in [-0.15, -0.1) is 0 Å². The number of nitrogen functional groups attached to an aromatic ring is 2. The van der Waals surface area contributed by atoms with E-state index in [1.807, 2.05) is 0 Å². The molecule has 0 atom stereocenters. The van der Waals surface area contributed by atoms with Gasteiger partial charge in [-0.1, -0.05) is 37.3 Å². The Morgan fingerprint density at radius 2 is 1.95 bits per heavy atom. The molecule has 0 bridgehead atoms. The maximum absolute atomic E-state index is 13.9. The number of benzene rings is 1. The van der Waals surface area contributed by atoms with Crippen molar-refractivity contribution in [3.05, 3.63) is 16.9 Å². The molecule has 1 saturated carbocycles. The highest BCUT2D eigenvalue weighted by Crippen LogP contribution is 2.34. The lowest BCUT2D eigenvalue weighted by atomic mass is 10.0. The average molecular weight is 286 g/mol. The first-order valence-electron chi connectivity index (χ1n) is 6.86. The summed E-state index contributed by atoms with van der Waals surface area (Å²) < 4.78 is 13.9. The van der Waals surface area contributed by atoms with Crippen LogP contribution >= 0.6 is 11.6 Å². The Balaban J connectivity index is 1.87. The van der Waals surface area contributed by atoms with Crippen LogP contribution in [0.3, 0.4) is 0 Å². The summed E-state index contributed by atoms with van der Waals surface area (Å²) in [6.45, 7) is 0.706. The van der Waals surface area contributed by atoms with E-state index in [4.69, 9.17) is 23.1 Å². The van der Waals surface area contributed by atoms with Crippen LogP contribution in [-0.4, -0.2) is 6.54 Å². The second-order valence-corrected chi connectivity index (χ2v) is 5.66. The van der Waals surface area contributed by atoms with Gasteiger partial charge in [-0.05, 0) is 24.8 Å². The standard InChI is InChI=1S/C14H21ClFN3/c15-12-10(17)8-11(18)14(13(12)16)19-7-3-6-9-4-1-2-5-9/h8-9,19H,1-7,17-18H2. The van der Waals surface area contributed by atoms with Crippen molar-refractivity contribution in [2.45, 2.75) is 38.5 Å². The fourth-order valence-corrected chi connectivity index (χ4v) is 2.90. The van der Waals surface area contributed by atoms with Gasteiger partial charge < -0.3 is 16.8 Å². The van der Waals surface area contributed by atoms with Gasteiger partial charge in [-0.3, -0.25) is 0 Å². The molecule has 5 N–H and O–H groups in total. The van der Waals surface area contributed by atoms with Gasteiger partial charge in [0.1, 0.15) is 5.02 Å². The molecule has 2 rings (SSSR count). The van der Waals surface area contributed by atoms with Crippen LogP contribution in [0.4, 0.5) is 21.5 Å². The average Bonchev–Trinajstić information content (AvgIpc) is 2.88. The van der Waals surface area contributed by atoms with Gasteiger partial charge in [0.25, 0.3) is 0 Å². The third-order valence-electron chi connectivity index (χ3n) is 3.83. The number of anilines is 3. The predicted molar refractivity (Wildman–Crippen MR) is 79.9 cm³/mol. The molecule has 0 unspecified atom stereocenters. The number of halogens is 2. The first-order chi connectivity index (χ1) is 9.09. The summed E-state index contributed by atoms with van der Waals surface area (Å²) in [5.74, 6) is 0.291. The normalized spacial score (nSPS) is 15.9. The van der Waals surface area contributed by atoms with E-state index in [0.717, 1.165) is 12.3 Å². The van der Waals surface area contributed by atoms with Gasteiger partial charge in [-0.25, -0.2) is 4.39 Å². The zero-order chi connectivity index (χ0) is 13.8. The first kappa shape index (κ1) is 14.3. The number of nitrogens with one attached hydrogen (secondary N) is 1. The van der Waals surface area contributed by atoms with Gasteiger partial charge in [-0.2, -0.15) is 0 Å². The molecule has 0 aliphatic heterocycles. The molecule has 1 fully saturated rings. The van der Waals surface area contributed by atoms with Crippen molar-refractivity contribution in [1.29, 1.82) is 0 Å². The molecular weight excluding hydrogens is 265 g/mol. The van der Waals surface area contributed by atoms with Crippen LogP contribution in [0.2, 0.25) is 5.02 Å². The van der Waals surface area contributed by atoms with Crippen LogP contribution in [0.25, 0.3) is 0 Å². The molecule has 1 aliphatic rings. The number of rotatable bonds is 5. The Bertz CT molecular complexity index is 445. The molecular formula is C14H21ClFN3. The van der Waals surface area contributed by atoms with Crippen molar-refractivity contribution in [3.63, 3.8) is 0 Å². The molecule has 0 aromatic heterocycles. The van der Waals surface area contributed by atoms with Crippen LogP contribution in [0.15, 0.2) is 6.07 Å². The summed E-state index contributed by atoms with van der Waals surface area (Å²) in [5.41, 5.74) is 12.1. The SMILES string of the molecule is Nc1cc(N)c(NCCCC2CCCC2)c(F)c1Cl. The van der Waals surface area contributed by atoms with Gasteiger partial charge in [0.2, 0.25) is 0 Å². The molecule has 0 heterocycles. The fraction of sp³-hybridized carbons (Fsp3) is 0.571. The summed E-state index contributed by atoms with van der Waals surface area (Å²) in [7, 11) is 0. The highest BCUT2D eigenvalue weighted by atomic mass is 35.5. The number of nitrogens with two attached hydrogens (primary N) is 2. The van der Waals surface area contributed by atoms with E-state index >= 15 is 0 Å². The van der Waals surface area contributed by atoms with Crippen molar-refractivity contribution in [2.75, 3.05) is 23.3 Å². The minimum Gasteiger partial charge on any atom is -0.397 e. The molecule has 1 aromatic rings. The highest BCUT2D eigenvalue weighted by molar-refractivity contribution is 6.33. The lowest BCUT2D eigenvalue weighted by Crippen LogP contribution is -2.09. The summed E-state index contributed by atoms with van der Waals surface area (Å²) in [4.78, 5) is 0. The molecule has 1 aliphatic carbocycles. The summed E-state index contributed by atoms with van der Waals surface area (Å²) in [6.07, 6.45) is 7.59. The Hall–Kier alpha value is -1.16. The minimum atomic E-state index is -0.556. The Morgan fingerprint density at radius 1 is 1.26 bits per heavy atom. The summed E-state index contributed by atoms with van der Waals surface area (Å²) in [6, 6.07) is 1.49. The molecule has 106 valence electrons. The zero-order valence-electron chi connectivity index (χ0n) is 11.0. The van der Waals surface area contributed by atoms with Crippen molar-refractivity contribution in [1.82, 2.24) is 0 Å². The van der Waals surface area contributed by atoms with Gasteiger partial charge in [0, 0.05) is 6.54 Å². The second kappa shape index (κ2) is 6.33. The molecule has 19 heavy (non-hydrogen) atoms. The second-order valence-electron chi connectivity index (χ2n) is 5.28.